The highest BCUT2D eigenvalue weighted by molar-refractivity contribution is 6.30. The first kappa shape index (κ1) is 28.3. The monoisotopic (exact) mass is 545 g/mol. The van der Waals surface area contributed by atoms with Crippen LogP contribution < -0.4 is 0 Å². The Morgan fingerprint density at radius 3 is 2.25 bits per heavy atom. The summed E-state index contributed by atoms with van der Waals surface area (Å²) in [7, 11) is 0. The lowest BCUT2D eigenvalue weighted by molar-refractivity contribution is -0.277. The zero-order valence-corrected chi connectivity index (χ0v) is 21.5. The fourth-order valence-corrected chi connectivity index (χ4v) is 5.60. The summed E-state index contributed by atoms with van der Waals surface area (Å²) in [5.41, 5.74) is -3.65. The van der Waals surface area contributed by atoms with E-state index in [4.69, 9.17) is 23.2 Å². The van der Waals surface area contributed by atoms with Gasteiger partial charge in [0.25, 0.3) is 0 Å². The summed E-state index contributed by atoms with van der Waals surface area (Å²) >= 11 is 12.3. The van der Waals surface area contributed by atoms with E-state index in [1.165, 1.54) is 13.8 Å². The van der Waals surface area contributed by atoms with Crippen molar-refractivity contribution < 1.29 is 33.0 Å². The van der Waals surface area contributed by atoms with Gasteiger partial charge in [0.1, 0.15) is 0 Å². The van der Waals surface area contributed by atoms with Crippen molar-refractivity contribution in [3.63, 3.8) is 0 Å². The van der Waals surface area contributed by atoms with Gasteiger partial charge in [0, 0.05) is 16.0 Å². The molecule has 0 spiro atoms. The second-order valence-electron chi connectivity index (χ2n) is 9.77. The molecule has 2 aromatic rings. The van der Waals surface area contributed by atoms with E-state index in [2.05, 4.69) is 0 Å². The van der Waals surface area contributed by atoms with Crippen LogP contribution in [0, 0.1) is 5.41 Å². The Bertz CT molecular complexity index is 1120. The van der Waals surface area contributed by atoms with Gasteiger partial charge in [-0.25, -0.2) is 0 Å². The summed E-state index contributed by atoms with van der Waals surface area (Å²) in [6, 6.07) is 10.5. The molecule has 0 aromatic heterocycles. The van der Waals surface area contributed by atoms with Crippen LogP contribution in [0.5, 0.6) is 0 Å². The summed E-state index contributed by atoms with van der Waals surface area (Å²) in [5, 5.41) is 21.2. The van der Waals surface area contributed by atoms with Crippen molar-refractivity contribution in [1.29, 1.82) is 0 Å². The van der Waals surface area contributed by atoms with E-state index in [0.29, 0.717) is 28.1 Å². The van der Waals surface area contributed by atoms with Crippen molar-refractivity contribution in [3.8, 4) is 0 Å². The second-order valence-corrected chi connectivity index (χ2v) is 10.6. The molecule has 1 heterocycles. The molecular weight excluding hydrogens is 518 g/mol. The number of carboxylic acids is 1. The number of benzene rings is 2. The number of amides is 1. The maximum Gasteiger partial charge on any atom is 0.418 e. The molecule has 3 unspecified atom stereocenters. The van der Waals surface area contributed by atoms with Gasteiger partial charge in [-0.1, -0.05) is 61.3 Å². The van der Waals surface area contributed by atoms with Crippen LogP contribution in [0.15, 0.2) is 48.5 Å². The Kier molecular flexibility index (Phi) is 8.04. The first-order valence-corrected chi connectivity index (χ1v) is 12.2. The highest BCUT2D eigenvalue weighted by Gasteiger charge is 2.61. The number of aliphatic hydroxyl groups is 1. The maximum atomic E-state index is 14.1. The van der Waals surface area contributed by atoms with Crippen molar-refractivity contribution in [2.24, 2.45) is 5.41 Å². The molecule has 36 heavy (non-hydrogen) atoms. The fraction of sp³-hybridized carbons (Fsp3) is 0.462. The lowest BCUT2D eigenvalue weighted by Crippen LogP contribution is -2.65. The third-order valence-corrected chi connectivity index (χ3v) is 7.56. The van der Waals surface area contributed by atoms with Crippen molar-refractivity contribution in [1.82, 2.24) is 4.90 Å². The first-order valence-electron chi connectivity index (χ1n) is 11.5. The van der Waals surface area contributed by atoms with Crippen LogP contribution in [0.1, 0.15) is 63.1 Å². The molecule has 2 aromatic carbocycles. The zero-order chi connectivity index (χ0) is 27.1. The topological polar surface area (TPSA) is 77.8 Å². The molecule has 1 aliphatic rings. The second kappa shape index (κ2) is 10.2. The number of carboxylic acid groups (broad SMARTS) is 1. The number of carbonyl (C=O) groups excluding carboxylic acids is 1. The van der Waals surface area contributed by atoms with Crippen molar-refractivity contribution in [2.45, 2.75) is 69.8 Å². The van der Waals surface area contributed by atoms with Crippen molar-refractivity contribution >= 4 is 35.1 Å². The average molecular weight is 546 g/mol. The molecule has 0 saturated carbocycles. The number of hydrogen-bond donors (Lipinski definition) is 2. The lowest BCUT2D eigenvalue weighted by Gasteiger charge is -2.54. The van der Waals surface area contributed by atoms with Crippen LogP contribution in [0.3, 0.4) is 0 Å². The van der Waals surface area contributed by atoms with Gasteiger partial charge in [0.05, 0.1) is 23.9 Å². The number of likely N-dealkylation sites (tertiary alicyclic amines) is 1. The van der Waals surface area contributed by atoms with Crippen molar-refractivity contribution in [2.75, 3.05) is 0 Å². The van der Waals surface area contributed by atoms with Crippen LogP contribution in [0.4, 0.5) is 13.2 Å². The highest BCUT2D eigenvalue weighted by atomic mass is 35.5. The predicted octanol–water partition coefficient (Wildman–Crippen LogP) is 6.62. The number of nitrogens with zero attached hydrogens (tertiary/aromatic N) is 1. The molecule has 1 fully saturated rings. The predicted molar refractivity (Wildman–Crippen MR) is 131 cm³/mol. The van der Waals surface area contributed by atoms with Crippen LogP contribution >= 0.6 is 23.2 Å². The summed E-state index contributed by atoms with van der Waals surface area (Å²) < 4.78 is 42.3. The van der Waals surface area contributed by atoms with Crippen LogP contribution in [0.25, 0.3) is 0 Å². The number of carbonyl (C=O) groups is 2. The van der Waals surface area contributed by atoms with Crippen LogP contribution in [0.2, 0.25) is 10.0 Å². The molecule has 10 heteroatoms. The van der Waals surface area contributed by atoms with E-state index in [1.807, 2.05) is 0 Å². The summed E-state index contributed by atoms with van der Waals surface area (Å²) in [4.78, 5) is 26.8. The van der Waals surface area contributed by atoms with Crippen LogP contribution in [-0.2, 0) is 9.59 Å². The first-order chi connectivity index (χ1) is 16.6. The minimum absolute atomic E-state index is 0.0485. The van der Waals surface area contributed by atoms with E-state index < -0.39 is 53.5 Å². The van der Waals surface area contributed by atoms with Crippen LogP contribution in [-0.4, -0.2) is 44.8 Å². The molecule has 5 atom stereocenters. The normalized spacial score (nSPS) is 25.4. The molecule has 0 radical (unpaired) electrons. The van der Waals surface area contributed by atoms with Gasteiger partial charge >= 0.3 is 12.1 Å². The Morgan fingerprint density at radius 2 is 1.75 bits per heavy atom. The smallest absolute Gasteiger partial charge is 0.418 e. The highest BCUT2D eigenvalue weighted by Crippen LogP contribution is 2.54. The van der Waals surface area contributed by atoms with Gasteiger partial charge in [0.2, 0.25) is 5.91 Å². The third-order valence-electron chi connectivity index (χ3n) is 7.08. The van der Waals surface area contributed by atoms with Gasteiger partial charge < -0.3 is 15.1 Å². The minimum atomic E-state index is -5.05. The average Bonchev–Trinajstić information content (AvgIpc) is 2.76. The minimum Gasteiger partial charge on any atom is -0.481 e. The molecule has 196 valence electrons. The molecular formula is C26H28Cl2F3NO4. The summed E-state index contributed by atoms with van der Waals surface area (Å²) in [5.74, 6) is -2.64. The fourth-order valence-electron chi connectivity index (χ4n) is 5.28. The molecule has 5 nitrogen and oxygen atoms in total. The molecule has 3 rings (SSSR count). The number of halogens is 5. The van der Waals surface area contributed by atoms with E-state index in [9.17, 15) is 33.0 Å². The number of piperidine rings is 1. The quantitative estimate of drug-likeness (QED) is 0.409. The SMILES string of the molecule is CCC(N1C(=O)[C@@](C)(CC(=O)O)CC(c2cccc(Cl)c2)[C@H]1c1ccc(Cl)cc1)C(C)(O)C(F)(F)F. The van der Waals surface area contributed by atoms with Gasteiger partial charge in [-0.05, 0) is 55.2 Å². The lowest BCUT2D eigenvalue weighted by atomic mass is 9.66. The van der Waals surface area contributed by atoms with Gasteiger partial charge in [0.15, 0.2) is 5.60 Å². The largest absolute Gasteiger partial charge is 0.481 e. The Labute approximate surface area is 217 Å². The van der Waals surface area contributed by atoms with E-state index in [1.54, 1.807) is 48.5 Å². The van der Waals surface area contributed by atoms with Gasteiger partial charge in [-0.15, -0.1) is 0 Å². The number of rotatable bonds is 7. The molecule has 2 N–H and O–H groups in total. The van der Waals surface area contributed by atoms with E-state index in [0.717, 1.165) is 4.90 Å². The maximum absolute atomic E-state index is 14.1. The number of hydrogen-bond acceptors (Lipinski definition) is 3. The molecule has 1 saturated heterocycles. The number of aliphatic carboxylic acids is 1. The Balaban J connectivity index is 2.33. The molecule has 0 bridgehead atoms. The van der Waals surface area contributed by atoms with Gasteiger partial charge in [-0.2, -0.15) is 13.2 Å². The Hall–Kier alpha value is -2.29. The molecule has 0 aliphatic carbocycles. The Morgan fingerprint density at radius 1 is 1.14 bits per heavy atom. The third kappa shape index (κ3) is 5.36. The van der Waals surface area contributed by atoms with Gasteiger partial charge in [-0.3, -0.25) is 9.59 Å². The summed E-state index contributed by atoms with van der Waals surface area (Å²) in [6.45, 7) is 3.54. The molecule has 1 aliphatic heterocycles. The summed E-state index contributed by atoms with van der Waals surface area (Å²) in [6.07, 6.45) is -5.82. The van der Waals surface area contributed by atoms with E-state index in [-0.39, 0.29) is 12.8 Å². The van der Waals surface area contributed by atoms with E-state index >= 15 is 0 Å². The van der Waals surface area contributed by atoms with Crippen molar-refractivity contribution in [3.05, 3.63) is 69.7 Å². The molecule has 1 amide bonds. The standard InChI is InChI=1S/C26H28Cl2F3NO4/c1-4-20(25(3,36)26(29,30)31)32-22(15-8-10-17(27)11-9-15)19(16-6-5-7-18(28)12-16)13-24(2,23(32)35)14-21(33)34/h5-12,19-20,22,36H,4,13-14H2,1-3H3,(H,33,34)/t19?,20?,22-,24-,25?/m1/s1. The number of alkyl halides is 3. The zero-order valence-electron chi connectivity index (χ0n) is 20.0.